The predicted octanol–water partition coefficient (Wildman–Crippen LogP) is 1.20. The molecule has 1 aliphatic rings. The fraction of sp³-hybridized carbons (Fsp3) is 0.727. The summed E-state index contributed by atoms with van der Waals surface area (Å²) < 4.78 is 0. The van der Waals surface area contributed by atoms with Gasteiger partial charge in [-0.3, -0.25) is 4.79 Å². The third kappa shape index (κ3) is 2.84. The summed E-state index contributed by atoms with van der Waals surface area (Å²) in [7, 11) is 0. The van der Waals surface area contributed by atoms with Gasteiger partial charge < -0.3 is 11.1 Å². The molecule has 1 rings (SSSR count). The molecule has 80 valence electrons. The second-order valence-corrected chi connectivity index (χ2v) is 4.04. The molecule has 1 fully saturated rings. The minimum absolute atomic E-state index is 0.0339. The standard InChI is InChI=1S/C11H20N2O/c1-3-8(2)11(14)13-7-9-5-4-6-10(9)12/h3,9-10H,4-7,12H2,1-2H3,(H,13,14)/b8-3-. The first-order valence-corrected chi connectivity index (χ1v) is 5.32. The van der Waals surface area contributed by atoms with Gasteiger partial charge in [-0.15, -0.1) is 0 Å². The van der Waals surface area contributed by atoms with Crippen molar-refractivity contribution in [3.63, 3.8) is 0 Å². The average Bonchev–Trinajstić information content (AvgIpc) is 2.59. The highest BCUT2D eigenvalue weighted by molar-refractivity contribution is 5.92. The highest BCUT2D eigenvalue weighted by Crippen LogP contribution is 2.22. The molecule has 0 aromatic rings. The van der Waals surface area contributed by atoms with E-state index in [1.165, 1.54) is 6.42 Å². The number of nitrogens with one attached hydrogen (secondary N) is 1. The minimum atomic E-state index is 0.0339. The first-order chi connectivity index (χ1) is 6.65. The van der Waals surface area contributed by atoms with Crippen LogP contribution in [0.1, 0.15) is 33.1 Å². The van der Waals surface area contributed by atoms with Crippen LogP contribution in [0, 0.1) is 5.92 Å². The van der Waals surface area contributed by atoms with Gasteiger partial charge in [-0.25, -0.2) is 0 Å². The van der Waals surface area contributed by atoms with Crippen LogP contribution in [0.15, 0.2) is 11.6 Å². The number of rotatable bonds is 3. The number of hydrogen-bond donors (Lipinski definition) is 2. The summed E-state index contributed by atoms with van der Waals surface area (Å²) in [5.74, 6) is 0.509. The van der Waals surface area contributed by atoms with Gasteiger partial charge in [0.2, 0.25) is 5.91 Å². The van der Waals surface area contributed by atoms with Crippen molar-refractivity contribution in [3.8, 4) is 0 Å². The molecule has 3 nitrogen and oxygen atoms in total. The summed E-state index contributed by atoms with van der Waals surface area (Å²) in [5.41, 5.74) is 6.68. The van der Waals surface area contributed by atoms with Crippen LogP contribution in [0.3, 0.4) is 0 Å². The lowest BCUT2D eigenvalue weighted by Gasteiger charge is -2.15. The van der Waals surface area contributed by atoms with Crippen LogP contribution in [0.2, 0.25) is 0 Å². The van der Waals surface area contributed by atoms with E-state index in [0.29, 0.717) is 5.92 Å². The van der Waals surface area contributed by atoms with Crippen molar-refractivity contribution in [1.82, 2.24) is 5.32 Å². The second kappa shape index (κ2) is 5.15. The zero-order chi connectivity index (χ0) is 10.6. The van der Waals surface area contributed by atoms with Crippen molar-refractivity contribution < 1.29 is 4.79 Å². The lowest BCUT2D eigenvalue weighted by molar-refractivity contribution is -0.117. The molecular weight excluding hydrogens is 176 g/mol. The van der Waals surface area contributed by atoms with Crippen molar-refractivity contribution in [2.45, 2.75) is 39.2 Å². The number of hydrogen-bond acceptors (Lipinski definition) is 2. The molecule has 0 heterocycles. The lowest BCUT2D eigenvalue weighted by Crippen LogP contribution is -2.36. The van der Waals surface area contributed by atoms with Crippen molar-refractivity contribution in [1.29, 1.82) is 0 Å². The quantitative estimate of drug-likeness (QED) is 0.666. The topological polar surface area (TPSA) is 55.1 Å². The van der Waals surface area contributed by atoms with E-state index in [2.05, 4.69) is 5.32 Å². The Morgan fingerprint density at radius 1 is 1.57 bits per heavy atom. The summed E-state index contributed by atoms with van der Waals surface area (Å²) >= 11 is 0. The summed E-state index contributed by atoms with van der Waals surface area (Å²) in [6.45, 7) is 4.42. The Kier molecular flexibility index (Phi) is 4.14. The van der Waals surface area contributed by atoms with Crippen molar-refractivity contribution in [2.75, 3.05) is 6.54 Å². The van der Waals surface area contributed by atoms with Gasteiger partial charge >= 0.3 is 0 Å². The monoisotopic (exact) mass is 196 g/mol. The Bertz CT molecular complexity index is 235. The fourth-order valence-corrected chi connectivity index (χ4v) is 1.81. The highest BCUT2D eigenvalue weighted by Gasteiger charge is 2.23. The molecule has 0 bridgehead atoms. The maximum atomic E-state index is 11.4. The minimum Gasteiger partial charge on any atom is -0.352 e. The Morgan fingerprint density at radius 3 is 2.79 bits per heavy atom. The summed E-state index contributed by atoms with van der Waals surface area (Å²) in [6, 6.07) is 0.279. The molecule has 2 unspecified atom stereocenters. The average molecular weight is 196 g/mol. The number of amides is 1. The van der Waals surface area contributed by atoms with Crippen LogP contribution in [0.5, 0.6) is 0 Å². The van der Waals surface area contributed by atoms with E-state index in [9.17, 15) is 4.79 Å². The van der Waals surface area contributed by atoms with Gasteiger partial charge in [-0.1, -0.05) is 12.5 Å². The summed E-state index contributed by atoms with van der Waals surface area (Å²) in [6.07, 6.45) is 5.27. The van der Waals surface area contributed by atoms with Crippen molar-refractivity contribution in [3.05, 3.63) is 11.6 Å². The van der Waals surface area contributed by atoms with E-state index >= 15 is 0 Å². The number of nitrogens with two attached hydrogens (primary N) is 1. The van der Waals surface area contributed by atoms with Crippen LogP contribution >= 0.6 is 0 Å². The molecule has 1 amide bonds. The van der Waals surface area contributed by atoms with Crippen molar-refractivity contribution >= 4 is 5.91 Å². The largest absolute Gasteiger partial charge is 0.352 e. The van der Waals surface area contributed by atoms with Crippen LogP contribution < -0.4 is 11.1 Å². The van der Waals surface area contributed by atoms with Crippen molar-refractivity contribution in [2.24, 2.45) is 11.7 Å². The molecule has 2 atom stereocenters. The highest BCUT2D eigenvalue weighted by atomic mass is 16.1. The van der Waals surface area contributed by atoms with E-state index in [4.69, 9.17) is 5.73 Å². The Labute approximate surface area is 85.7 Å². The van der Waals surface area contributed by atoms with Crippen LogP contribution in [-0.4, -0.2) is 18.5 Å². The van der Waals surface area contributed by atoms with Gasteiger partial charge in [0.25, 0.3) is 0 Å². The van der Waals surface area contributed by atoms with Gasteiger partial charge in [-0.2, -0.15) is 0 Å². The maximum Gasteiger partial charge on any atom is 0.246 e. The number of carbonyl (C=O) groups is 1. The van der Waals surface area contributed by atoms with E-state index in [1.54, 1.807) is 0 Å². The van der Waals surface area contributed by atoms with Gasteiger partial charge in [-0.05, 0) is 32.6 Å². The van der Waals surface area contributed by atoms with E-state index in [-0.39, 0.29) is 11.9 Å². The van der Waals surface area contributed by atoms with Crippen LogP contribution in [0.25, 0.3) is 0 Å². The number of allylic oxidation sites excluding steroid dienone is 1. The predicted molar refractivity (Wildman–Crippen MR) is 57.8 cm³/mol. The maximum absolute atomic E-state index is 11.4. The van der Waals surface area contributed by atoms with Gasteiger partial charge in [0.1, 0.15) is 0 Å². The summed E-state index contributed by atoms with van der Waals surface area (Å²) in [5, 5.41) is 2.92. The Balaban J connectivity index is 2.30. The zero-order valence-corrected chi connectivity index (χ0v) is 9.05. The lowest BCUT2D eigenvalue weighted by atomic mass is 10.0. The molecule has 0 radical (unpaired) electrons. The molecule has 3 heteroatoms. The third-order valence-electron chi connectivity index (χ3n) is 3.03. The molecule has 14 heavy (non-hydrogen) atoms. The molecule has 0 saturated heterocycles. The molecule has 0 aromatic carbocycles. The van der Waals surface area contributed by atoms with Crippen LogP contribution in [0.4, 0.5) is 0 Å². The first-order valence-electron chi connectivity index (χ1n) is 5.32. The second-order valence-electron chi connectivity index (χ2n) is 4.04. The molecule has 0 aliphatic heterocycles. The first kappa shape index (κ1) is 11.2. The normalized spacial score (nSPS) is 27.8. The SMILES string of the molecule is C/C=C(/C)C(=O)NCC1CCCC1N. The van der Waals surface area contributed by atoms with Gasteiger partial charge in [0.05, 0.1) is 0 Å². The van der Waals surface area contributed by atoms with Crippen LogP contribution in [-0.2, 0) is 4.79 Å². The van der Waals surface area contributed by atoms with E-state index in [1.807, 2.05) is 19.9 Å². The van der Waals surface area contributed by atoms with E-state index < -0.39 is 0 Å². The Hall–Kier alpha value is -0.830. The molecule has 1 saturated carbocycles. The molecular formula is C11H20N2O. The fourth-order valence-electron chi connectivity index (χ4n) is 1.81. The molecule has 1 aliphatic carbocycles. The smallest absolute Gasteiger partial charge is 0.246 e. The Morgan fingerprint density at radius 2 is 2.29 bits per heavy atom. The molecule has 0 spiro atoms. The summed E-state index contributed by atoms with van der Waals surface area (Å²) in [4.78, 5) is 11.4. The zero-order valence-electron chi connectivity index (χ0n) is 9.05. The molecule has 3 N–H and O–H groups in total. The van der Waals surface area contributed by atoms with Gasteiger partial charge in [0, 0.05) is 18.2 Å². The van der Waals surface area contributed by atoms with Gasteiger partial charge in [0.15, 0.2) is 0 Å². The van der Waals surface area contributed by atoms with E-state index in [0.717, 1.165) is 25.0 Å². The molecule has 0 aromatic heterocycles. The number of carbonyl (C=O) groups excluding carboxylic acids is 1. The third-order valence-corrected chi connectivity index (χ3v) is 3.03.